The first-order chi connectivity index (χ1) is 43.4. The molecule has 0 fully saturated rings. The maximum Gasteiger partial charge on any atom is 0.127 e. The third kappa shape index (κ3) is 13.7. The topological polar surface area (TPSA) is 110 Å². The van der Waals surface area contributed by atoms with Crippen molar-refractivity contribution in [3.63, 3.8) is 0 Å². The lowest BCUT2D eigenvalue weighted by atomic mass is 10.0. The number of ether oxygens (including phenoxy) is 4. The molecule has 5 heterocycles. The van der Waals surface area contributed by atoms with Crippen molar-refractivity contribution in [3.05, 3.63) is 285 Å². The average molecular weight is 1180 g/mol. The van der Waals surface area contributed by atoms with E-state index in [-0.39, 0.29) is 6.10 Å². The summed E-state index contributed by atoms with van der Waals surface area (Å²) in [6, 6.07) is 75.7. The van der Waals surface area contributed by atoms with E-state index in [0.29, 0.717) is 0 Å². The van der Waals surface area contributed by atoms with Crippen LogP contribution in [0.3, 0.4) is 0 Å². The van der Waals surface area contributed by atoms with Gasteiger partial charge in [-0.15, -0.1) is 0 Å². The van der Waals surface area contributed by atoms with Crippen molar-refractivity contribution in [1.29, 1.82) is 0 Å². The molecule has 4 aromatic heterocycles. The van der Waals surface area contributed by atoms with Crippen molar-refractivity contribution in [3.8, 4) is 40.2 Å². The second-order valence-corrected chi connectivity index (χ2v) is 23.6. The van der Waals surface area contributed by atoms with Crippen LogP contribution in [0.5, 0.6) is 40.2 Å². The van der Waals surface area contributed by atoms with E-state index in [1.807, 2.05) is 115 Å². The number of anilines is 3. The maximum absolute atomic E-state index is 6.76. The quantitative estimate of drug-likeness (QED) is 0.0501. The van der Waals surface area contributed by atoms with Gasteiger partial charge in [0, 0.05) is 126 Å². The standard InChI is InChI=1S/C78H79N7O4/c1-9-11-12-13-15-59(14-10-2)86-60-30-16-52(17-31-60)75-67-44-46-69(79-67)76(53-18-32-61(33-19-53)87-64-38-24-56(25-39-64)83(3)4)71-48-50-73(81-71)78(55-22-36-63(37-23-55)89-66-42-28-58(29-43-66)85(7)8)74-51-49-72(82-74)77(70-47-45-68(75)80-70)54-20-34-62(35-21-54)88-65-40-26-57(27-41-65)84(5)6/h16-51,59,79-82H,9-15H2,1-8H3. The van der Waals surface area contributed by atoms with Crippen LogP contribution < -0.4 is 55.0 Å². The molecule has 12 rings (SSSR count). The summed E-state index contributed by atoms with van der Waals surface area (Å²) in [4.78, 5) is 22.1. The van der Waals surface area contributed by atoms with Crippen molar-refractivity contribution in [1.82, 2.24) is 19.9 Å². The SMILES string of the molecule is CCCCCCC(CCC)Oc1ccc(C2=c3ccc([nH]3)=C(c3ccc(Oc4ccc(N(C)C)cc4)cc3)c3ccc([nH]3)C(c3ccc(Oc4ccc(N(C)C)cc4)cc3)=c3ccc([nH]3)=C(c3ccc(Oc4ccc(N(C)C)cc4)cc3)c3ccc2[nH]3)cc1. The molecule has 11 nitrogen and oxygen atoms in total. The lowest BCUT2D eigenvalue weighted by Crippen LogP contribution is -2.19. The Morgan fingerprint density at radius 2 is 0.562 bits per heavy atom. The van der Waals surface area contributed by atoms with E-state index >= 15 is 0 Å². The van der Waals surface area contributed by atoms with Gasteiger partial charge >= 0.3 is 0 Å². The predicted molar refractivity (Wildman–Crippen MR) is 364 cm³/mol. The lowest BCUT2D eigenvalue weighted by Gasteiger charge is -2.19. The Morgan fingerprint density at radius 3 is 0.831 bits per heavy atom. The second kappa shape index (κ2) is 26.8. The van der Waals surface area contributed by atoms with Crippen molar-refractivity contribution in [2.45, 2.75) is 64.9 Å². The van der Waals surface area contributed by atoms with E-state index < -0.39 is 0 Å². The number of hydrogen-bond donors (Lipinski definition) is 4. The molecule has 11 aromatic rings. The monoisotopic (exact) mass is 1180 g/mol. The van der Waals surface area contributed by atoms with Gasteiger partial charge in [0.25, 0.3) is 0 Å². The largest absolute Gasteiger partial charge is 0.490 e. The summed E-state index contributed by atoms with van der Waals surface area (Å²) in [6.45, 7) is 4.51. The molecule has 1 aliphatic heterocycles. The molecule has 1 aliphatic rings. The molecule has 0 amide bonds. The molecule has 4 N–H and O–H groups in total. The third-order valence-electron chi connectivity index (χ3n) is 16.5. The van der Waals surface area contributed by atoms with Crippen molar-refractivity contribution in [2.75, 3.05) is 57.0 Å². The highest BCUT2D eigenvalue weighted by atomic mass is 16.5. The summed E-state index contributed by atoms with van der Waals surface area (Å²) < 4.78 is 26.1. The molecule has 0 radical (unpaired) electrons. The van der Waals surface area contributed by atoms with E-state index in [1.54, 1.807) is 0 Å². The van der Waals surface area contributed by atoms with E-state index in [0.717, 1.165) is 165 Å². The van der Waals surface area contributed by atoms with Crippen LogP contribution in [0.1, 0.15) is 104 Å². The van der Waals surface area contributed by atoms with Crippen LogP contribution in [0.15, 0.2) is 218 Å². The molecule has 1 unspecified atom stereocenters. The Balaban J connectivity index is 1.02. The molecule has 0 aliphatic carbocycles. The number of fused-ring (bicyclic) bond motifs is 8. The Bertz CT molecular complexity index is 4420. The lowest BCUT2D eigenvalue weighted by molar-refractivity contribution is 0.175. The fourth-order valence-corrected chi connectivity index (χ4v) is 11.8. The summed E-state index contributed by atoms with van der Waals surface area (Å²) in [5, 5.41) is 3.75. The van der Waals surface area contributed by atoms with Gasteiger partial charge < -0.3 is 53.6 Å². The predicted octanol–water partition coefficient (Wildman–Crippen LogP) is 15.4. The summed E-state index contributed by atoms with van der Waals surface area (Å²) in [7, 11) is 12.2. The molecule has 8 bridgehead atoms. The van der Waals surface area contributed by atoms with Gasteiger partial charge in [0.1, 0.15) is 40.2 Å². The number of hydrogen-bond acceptors (Lipinski definition) is 7. The van der Waals surface area contributed by atoms with E-state index in [9.17, 15) is 0 Å². The van der Waals surface area contributed by atoms with Gasteiger partial charge in [0.2, 0.25) is 0 Å². The smallest absolute Gasteiger partial charge is 0.127 e. The minimum absolute atomic E-state index is 0.177. The number of rotatable bonds is 22. The minimum atomic E-state index is 0.177. The molecular weight excluding hydrogens is 1100 g/mol. The molecule has 0 saturated carbocycles. The number of unbranched alkanes of at least 4 members (excludes halogenated alkanes) is 3. The Labute approximate surface area is 522 Å². The number of aromatic nitrogens is 4. The van der Waals surface area contributed by atoms with Crippen LogP contribution >= 0.6 is 0 Å². The summed E-state index contributed by atoms with van der Waals surface area (Å²) in [6.07, 6.45) is 8.23. The first-order valence-electron chi connectivity index (χ1n) is 31.1. The van der Waals surface area contributed by atoms with Crippen LogP contribution in [0.25, 0.3) is 22.3 Å². The van der Waals surface area contributed by atoms with E-state index in [2.05, 4.69) is 194 Å². The first-order valence-corrected chi connectivity index (χ1v) is 31.1. The van der Waals surface area contributed by atoms with Crippen LogP contribution in [-0.4, -0.2) is 68.3 Å². The van der Waals surface area contributed by atoms with Gasteiger partial charge in [0.05, 0.1) is 6.10 Å². The van der Waals surface area contributed by atoms with Crippen LogP contribution in [0, 0.1) is 0 Å². The Hall–Kier alpha value is -10.3. The molecular formula is C78H79N7O4. The Morgan fingerprint density at radius 1 is 0.281 bits per heavy atom. The van der Waals surface area contributed by atoms with Crippen LogP contribution in [0.2, 0.25) is 0 Å². The zero-order chi connectivity index (χ0) is 61.4. The van der Waals surface area contributed by atoms with Gasteiger partial charge in [-0.2, -0.15) is 0 Å². The van der Waals surface area contributed by atoms with Gasteiger partial charge in [-0.25, -0.2) is 0 Å². The molecule has 7 aromatic carbocycles. The number of nitrogens with zero attached hydrogens (tertiary/aromatic N) is 3. The van der Waals surface area contributed by atoms with E-state index in [4.69, 9.17) is 18.9 Å². The van der Waals surface area contributed by atoms with Gasteiger partial charge in [-0.3, -0.25) is 0 Å². The van der Waals surface area contributed by atoms with E-state index in [1.165, 1.54) is 25.7 Å². The fraction of sp³-hybridized carbons (Fsp3) is 0.205. The Kier molecular flexibility index (Phi) is 17.8. The van der Waals surface area contributed by atoms with Crippen molar-refractivity contribution < 1.29 is 18.9 Å². The van der Waals surface area contributed by atoms with Crippen molar-refractivity contribution >= 4 is 39.4 Å². The highest BCUT2D eigenvalue weighted by Gasteiger charge is 2.20. The normalized spacial score (nSPS) is 12.4. The number of nitrogens with one attached hydrogen (secondary N) is 4. The first kappa shape index (κ1) is 59.1. The molecule has 0 spiro atoms. The summed E-state index contributed by atoms with van der Waals surface area (Å²) in [5.74, 6) is 5.41. The molecule has 89 heavy (non-hydrogen) atoms. The number of H-pyrrole nitrogens is 4. The summed E-state index contributed by atoms with van der Waals surface area (Å²) >= 11 is 0. The van der Waals surface area contributed by atoms with Crippen molar-refractivity contribution in [2.24, 2.45) is 0 Å². The second-order valence-electron chi connectivity index (χ2n) is 23.6. The van der Waals surface area contributed by atoms with Crippen LogP contribution in [0.4, 0.5) is 17.1 Å². The fourth-order valence-electron chi connectivity index (χ4n) is 11.8. The number of benzene rings is 7. The highest BCUT2D eigenvalue weighted by molar-refractivity contribution is 5.85. The summed E-state index contributed by atoms with van der Waals surface area (Å²) in [5.41, 5.74) is 15.1. The van der Waals surface area contributed by atoms with Gasteiger partial charge in [0.15, 0.2) is 0 Å². The molecule has 1 atom stereocenters. The van der Waals surface area contributed by atoms with Gasteiger partial charge in [-0.05, 0) is 211 Å². The van der Waals surface area contributed by atoms with Gasteiger partial charge in [-0.1, -0.05) is 88.1 Å². The van der Waals surface area contributed by atoms with Crippen LogP contribution in [-0.2, 0) is 0 Å². The zero-order valence-corrected chi connectivity index (χ0v) is 52.3. The zero-order valence-electron chi connectivity index (χ0n) is 52.3. The molecule has 0 saturated heterocycles. The average Bonchev–Trinajstić information content (AvgIpc) is 1.96. The molecule has 450 valence electrons. The maximum atomic E-state index is 6.76. The molecule has 11 heteroatoms. The number of aromatic amines is 4. The highest BCUT2D eigenvalue weighted by Crippen LogP contribution is 2.34. The minimum Gasteiger partial charge on any atom is -0.490 e. The third-order valence-corrected chi connectivity index (χ3v) is 16.5.